The average molecular weight is 781 g/mol. The summed E-state index contributed by atoms with van der Waals surface area (Å²) in [5.41, 5.74) is 34.9. The van der Waals surface area contributed by atoms with Crippen LogP contribution in [-0.4, -0.2) is 149 Å². The Hall–Kier alpha value is -4.49. The smallest absolute Gasteiger partial charge is 0.101 e. The largest absolute Gasteiger partial charge is 0.139 e. The predicted octanol–water partition coefficient (Wildman–Crippen LogP) is -20.6. The van der Waals surface area contributed by atoms with Crippen molar-refractivity contribution in [1.29, 1.82) is 0 Å². The molecule has 0 fully saturated rings. The lowest BCUT2D eigenvalue weighted by Gasteiger charge is -2.32. The summed E-state index contributed by atoms with van der Waals surface area (Å²) in [7, 11) is 45.2. The molecule has 0 unspecified atom stereocenters. The second-order valence-electron chi connectivity index (χ2n) is 19.7. The van der Waals surface area contributed by atoms with Crippen LogP contribution < -0.4 is 104 Å². The van der Waals surface area contributed by atoms with Crippen molar-refractivity contribution >= 4 is 307 Å². The van der Waals surface area contributed by atoms with E-state index < -0.39 is 0 Å². The van der Waals surface area contributed by atoms with Gasteiger partial charge in [0.1, 0.15) is 149 Å². The summed E-state index contributed by atoms with van der Waals surface area (Å²) in [6.07, 6.45) is 0. The molecule has 9 rings (SSSR count). The standard InChI is InChI=1S/C44H47B19/c45-26-17-15(14-9-10-5-1-2-6-11(10)12-7-3-4-8-13(12)14)18-20(29(48)42(61)40(59)27(18)46)16(19(17)28(47)41(60)39(26)58)23-32(51)34(53)24(35(54)33(23)52)21-22-25(36(55)38(57)30(21)49)37(56)44(63)43(62)31(22)50/h1-9H,45-63H2. The van der Waals surface area contributed by atoms with Gasteiger partial charge in [-0.25, -0.2) is 0 Å². The summed E-state index contributed by atoms with van der Waals surface area (Å²) in [5, 5.41) is 13.7. The van der Waals surface area contributed by atoms with E-state index in [1.54, 1.807) is 0 Å². The second kappa shape index (κ2) is 15.3. The van der Waals surface area contributed by atoms with Gasteiger partial charge in [-0.1, -0.05) is 114 Å². The van der Waals surface area contributed by atoms with E-state index in [0.29, 0.717) is 0 Å². The van der Waals surface area contributed by atoms with Gasteiger partial charge in [-0.2, -0.15) is 0 Å². The molecule has 63 heavy (non-hydrogen) atoms. The molecule has 9 aromatic carbocycles. The van der Waals surface area contributed by atoms with Crippen molar-refractivity contribution in [2.24, 2.45) is 0 Å². The van der Waals surface area contributed by atoms with Crippen LogP contribution in [0.1, 0.15) is 0 Å². The van der Waals surface area contributed by atoms with E-state index in [1.165, 1.54) is 191 Å². The van der Waals surface area contributed by atoms with Crippen molar-refractivity contribution in [2.45, 2.75) is 0 Å². The Morgan fingerprint density at radius 1 is 0.206 bits per heavy atom. The maximum Gasteiger partial charge on any atom is 0.139 e. The highest BCUT2D eigenvalue weighted by Crippen LogP contribution is 2.43. The van der Waals surface area contributed by atoms with Gasteiger partial charge < -0.3 is 0 Å². The molecule has 0 aromatic heterocycles. The monoisotopic (exact) mass is 785 g/mol. The van der Waals surface area contributed by atoms with Crippen LogP contribution in [0.4, 0.5) is 0 Å². The van der Waals surface area contributed by atoms with Gasteiger partial charge in [0.15, 0.2) is 0 Å². The van der Waals surface area contributed by atoms with Gasteiger partial charge in [0, 0.05) is 0 Å². The highest BCUT2D eigenvalue weighted by Gasteiger charge is 2.30. The molecule has 9 aromatic rings. The molecule has 0 nitrogen and oxygen atoms in total. The Labute approximate surface area is 392 Å². The van der Waals surface area contributed by atoms with Gasteiger partial charge in [-0.05, 0) is 93.3 Å². The van der Waals surface area contributed by atoms with Crippen LogP contribution >= 0.6 is 0 Å². The van der Waals surface area contributed by atoms with E-state index in [4.69, 9.17) is 0 Å². The first kappa shape index (κ1) is 43.8. The van der Waals surface area contributed by atoms with Crippen molar-refractivity contribution < 1.29 is 0 Å². The number of benzene rings is 9. The molecule has 0 heterocycles. The molecular weight excluding hydrogens is 734 g/mol. The van der Waals surface area contributed by atoms with Crippen LogP contribution in [0.5, 0.6) is 0 Å². The molecule has 0 saturated heterocycles. The number of rotatable bonds is 3. The Bertz CT molecular complexity index is 3500. The summed E-state index contributed by atoms with van der Waals surface area (Å²) in [4.78, 5) is 0. The lowest BCUT2D eigenvalue weighted by Crippen LogP contribution is -2.53. The quantitative estimate of drug-likeness (QED) is 0.0952. The Morgan fingerprint density at radius 2 is 0.492 bits per heavy atom. The third kappa shape index (κ3) is 5.89. The van der Waals surface area contributed by atoms with Crippen molar-refractivity contribution in [3.63, 3.8) is 0 Å². The minimum Gasteiger partial charge on any atom is -0.101 e. The van der Waals surface area contributed by atoms with Crippen LogP contribution in [0.25, 0.3) is 87.2 Å². The van der Waals surface area contributed by atoms with Crippen molar-refractivity contribution in [3.05, 3.63) is 54.6 Å². The van der Waals surface area contributed by atoms with E-state index in [2.05, 4.69) is 204 Å². The van der Waals surface area contributed by atoms with E-state index in [0.717, 1.165) is 0 Å². The average Bonchev–Trinajstić information content (AvgIpc) is 3.28. The molecule has 0 radical (unpaired) electrons. The fourth-order valence-corrected chi connectivity index (χ4v) is 12.2. The molecule has 0 N–H and O–H groups in total. The number of hydrogen-bond donors (Lipinski definition) is 0. The lowest BCUT2D eigenvalue weighted by molar-refractivity contribution is 1.75. The van der Waals surface area contributed by atoms with Gasteiger partial charge in [0.05, 0.1) is 0 Å². The van der Waals surface area contributed by atoms with Crippen molar-refractivity contribution in [3.8, 4) is 33.4 Å². The van der Waals surface area contributed by atoms with E-state index in [-0.39, 0.29) is 0 Å². The van der Waals surface area contributed by atoms with Gasteiger partial charge in [-0.15, -0.1) is 38.2 Å². The summed E-state index contributed by atoms with van der Waals surface area (Å²) < 4.78 is 0. The van der Waals surface area contributed by atoms with Gasteiger partial charge in [0.2, 0.25) is 0 Å². The van der Waals surface area contributed by atoms with E-state index in [9.17, 15) is 0 Å². The van der Waals surface area contributed by atoms with Crippen molar-refractivity contribution in [2.75, 3.05) is 0 Å². The number of hydrogen-bond acceptors (Lipinski definition) is 0. The molecule has 280 valence electrons. The van der Waals surface area contributed by atoms with Gasteiger partial charge >= 0.3 is 0 Å². The second-order valence-corrected chi connectivity index (χ2v) is 19.7. The Balaban J connectivity index is 1.55. The minimum atomic E-state index is 1.28. The van der Waals surface area contributed by atoms with Gasteiger partial charge in [0.25, 0.3) is 0 Å². The molecule has 0 amide bonds. The molecule has 0 aliphatic heterocycles. The van der Waals surface area contributed by atoms with Gasteiger partial charge in [-0.3, -0.25) is 0 Å². The third-order valence-corrected chi connectivity index (χ3v) is 17.3. The summed E-state index contributed by atoms with van der Waals surface area (Å²) >= 11 is 0. The summed E-state index contributed by atoms with van der Waals surface area (Å²) in [6.45, 7) is 0. The maximum atomic E-state index is 2.50. The molecule has 0 saturated carbocycles. The zero-order valence-electron chi connectivity index (χ0n) is 41.7. The zero-order valence-corrected chi connectivity index (χ0v) is 41.7. The third-order valence-electron chi connectivity index (χ3n) is 17.3. The summed E-state index contributed by atoms with van der Waals surface area (Å²) in [5.74, 6) is 0. The molecule has 0 atom stereocenters. The highest BCUT2D eigenvalue weighted by atomic mass is 14.3. The molecular formula is C44H47B19. The predicted molar refractivity (Wildman–Crippen MR) is 346 cm³/mol. The highest BCUT2D eigenvalue weighted by molar-refractivity contribution is 6.75. The topological polar surface area (TPSA) is 0 Å². The zero-order chi connectivity index (χ0) is 45.6. The minimum absolute atomic E-state index is 1.28. The number of fused-ring (bicyclic) bond motifs is 6. The van der Waals surface area contributed by atoms with E-state index >= 15 is 0 Å². The first-order valence-electron chi connectivity index (χ1n) is 23.2. The van der Waals surface area contributed by atoms with Crippen LogP contribution in [0.3, 0.4) is 0 Å². The van der Waals surface area contributed by atoms with Crippen molar-refractivity contribution in [1.82, 2.24) is 0 Å². The Morgan fingerprint density at radius 3 is 0.921 bits per heavy atom. The maximum absolute atomic E-state index is 2.50. The molecule has 19 heteroatoms. The fraction of sp³-hybridized carbons (Fsp3) is 0. The first-order valence-corrected chi connectivity index (χ1v) is 23.2. The molecule has 0 aliphatic rings. The van der Waals surface area contributed by atoms with Crippen LogP contribution in [0.15, 0.2) is 54.6 Å². The normalized spacial score (nSPS) is 11.7. The SMILES string of the molecule is Bc1c(B)c(-c2c3c(B)c(B)c(B)c(B)c3c(-c3cc4ccccc4c4ccccc34)c3c(B)c(B)c(B)c(B)c23)c(B)c(B)c1-c1c(B)c(B)c(B)c2c(B)c(B)c(B)c(B)c12. The molecule has 0 aliphatic carbocycles. The lowest BCUT2D eigenvalue weighted by atomic mass is 9.55. The van der Waals surface area contributed by atoms with Crippen LogP contribution in [0, 0.1) is 0 Å². The fourth-order valence-electron chi connectivity index (χ4n) is 12.2. The first-order chi connectivity index (χ1) is 29.8. The molecule has 0 bridgehead atoms. The van der Waals surface area contributed by atoms with Crippen LogP contribution in [-0.2, 0) is 0 Å². The Kier molecular flexibility index (Phi) is 10.6. The molecule has 0 spiro atoms. The van der Waals surface area contributed by atoms with Crippen LogP contribution in [0.2, 0.25) is 0 Å². The summed E-state index contributed by atoms with van der Waals surface area (Å²) in [6, 6.07) is 20.6. The van der Waals surface area contributed by atoms with E-state index in [1.807, 2.05) is 0 Å².